The second-order valence-electron chi connectivity index (χ2n) is 6.73. The van der Waals surface area contributed by atoms with Crippen molar-refractivity contribution in [1.29, 1.82) is 0 Å². The van der Waals surface area contributed by atoms with E-state index >= 15 is 0 Å². The van der Waals surface area contributed by atoms with E-state index in [1.54, 1.807) is 30.3 Å². The van der Waals surface area contributed by atoms with E-state index < -0.39 is 10.9 Å². The number of rotatable bonds is 8. The van der Waals surface area contributed by atoms with E-state index in [0.717, 1.165) is 17.3 Å². The van der Waals surface area contributed by atoms with Gasteiger partial charge in [0.15, 0.2) is 5.82 Å². The van der Waals surface area contributed by atoms with E-state index in [9.17, 15) is 20.0 Å². The molecule has 172 valence electrons. The summed E-state index contributed by atoms with van der Waals surface area (Å²) in [4.78, 5) is 26.9. The molecule has 0 saturated heterocycles. The number of H-pyrrole nitrogens is 1. The van der Waals surface area contributed by atoms with E-state index in [4.69, 9.17) is 20.8 Å². The second kappa shape index (κ2) is 9.81. The van der Waals surface area contributed by atoms with Gasteiger partial charge in [0.2, 0.25) is 5.16 Å². The summed E-state index contributed by atoms with van der Waals surface area (Å²) in [5.41, 5.74) is 0.769. The van der Waals surface area contributed by atoms with E-state index in [0.29, 0.717) is 16.6 Å². The predicted octanol–water partition coefficient (Wildman–Crippen LogP) is 5.52. The number of carboxylic acids is 1. The van der Waals surface area contributed by atoms with Crippen LogP contribution in [0.2, 0.25) is 5.02 Å². The summed E-state index contributed by atoms with van der Waals surface area (Å²) in [7, 11) is 1.41. The van der Waals surface area contributed by atoms with Gasteiger partial charge >= 0.3 is 5.97 Å². The van der Waals surface area contributed by atoms with Crippen molar-refractivity contribution < 1.29 is 24.0 Å². The molecule has 0 fully saturated rings. The molecule has 0 radical (unpaired) electrons. The Balaban J connectivity index is 1.59. The number of methoxy groups -OCH3 is 1. The molecule has 0 aliphatic heterocycles. The minimum Gasteiger partial charge on any atom is -0.497 e. The fraction of sp³-hybridized carbons (Fsp3) is 0.0455. The summed E-state index contributed by atoms with van der Waals surface area (Å²) < 4.78 is 10.7. The van der Waals surface area contributed by atoms with E-state index in [1.807, 2.05) is 0 Å². The summed E-state index contributed by atoms with van der Waals surface area (Å²) in [6, 6.07) is 14.3. The zero-order valence-corrected chi connectivity index (χ0v) is 19.0. The van der Waals surface area contributed by atoms with Crippen LogP contribution in [0.25, 0.3) is 28.8 Å². The zero-order chi connectivity index (χ0) is 24.2. The molecule has 34 heavy (non-hydrogen) atoms. The number of hydrogen-bond donors (Lipinski definition) is 2. The van der Waals surface area contributed by atoms with Crippen LogP contribution in [-0.4, -0.2) is 38.3 Å². The summed E-state index contributed by atoms with van der Waals surface area (Å²) in [6.45, 7) is 0. The second-order valence-corrected chi connectivity index (χ2v) is 8.18. The van der Waals surface area contributed by atoms with Crippen LogP contribution in [0.5, 0.6) is 5.75 Å². The number of nitrogens with one attached hydrogen (secondary N) is 1. The molecule has 2 aromatic heterocycles. The van der Waals surface area contributed by atoms with Crippen molar-refractivity contribution in [3.63, 3.8) is 0 Å². The third kappa shape index (κ3) is 5.11. The molecule has 4 rings (SSSR count). The highest BCUT2D eigenvalue weighted by Crippen LogP contribution is 2.35. The number of aliphatic carboxylic acids is 1. The van der Waals surface area contributed by atoms with Gasteiger partial charge in [0, 0.05) is 16.7 Å². The van der Waals surface area contributed by atoms with Gasteiger partial charge < -0.3 is 14.3 Å². The number of aromatic nitrogens is 3. The van der Waals surface area contributed by atoms with Crippen LogP contribution in [-0.2, 0) is 4.79 Å². The molecule has 0 bridgehead atoms. The van der Waals surface area contributed by atoms with Gasteiger partial charge in [0.1, 0.15) is 22.2 Å². The Bertz CT molecular complexity index is 1400. The minimum atomic E-state index is -1.21. The summed E-state index contributed by atoms with van der Waals surface area (Å²) >= 11 is 6.72. The smallest absolute Gasteiger partial charge is 0.342 e. The van der Waals surface area contributed by atoms with Gasteiger partial charge in [-0.2, -0.15) is 0 Å². The molecule has 0 saturated carbocycles. The first-order valence-electron chi connectivity index (χ1n) is 9.58. The first-order chi connectivity index (χ1) is 16.3. The average Bonchev–Trinajstić information content (AvgIpc) is 3.48. The molecule has 10 nitrogen and oxygen atoms in total. The third-order valence-electron chi connectivity index (χ3n) is 4.56. The first kappa shape index (κ1) is 23.1. The van der Waals surface area contributed by atoms with Gasteiger partial charge in [0.25, 0.3) is 5.69 Å². The highest BCUT2D eigenvalue weighted by atomic mass is 35.5. The number of thioether (sulfide) groups is 1. The van der Waals surface area contributed by atoms with E-state index in [-0.39, 0.29) is 32.8 Å². The van der Waals surface area contributed by atoms with Crippen LogP contribution in [0, 0.1) is 10.1 Å². The molecule has 0 unspecified atom stereocenters. The number of nitro groups is 1. The lowest BCUT2D eigenvalue weighted by atomic mass is 10.1. The van der Waals surface area contributed by atoms with Crippen molar-refractivity contribution in [2.45, 2.75) is 5.16 Å². The van der Waals surface area contributed by atoms with Crippen molar-refractivity contribution in [3.8, 4) is 28.5 Å². The standard InChI is InChI=1S/C22H15ClN4O6S/c1-32-14-6-8-16(17(10-14)27(30)31)18-9-7-15(33-18)11-19(21(28)29)34-22-24-20(25-26-22)12-2-4-13(23)5-3-12/h2-11H,1H3,(H,28,29)(H,24,25,26)/b19-11-. The summed E-state index contributed by atoms with van der Waals surface area (Å²) in [6.07, 6.45) is 1.30. The molecule has 0 atom stereocenters. The SMILES string of the molecule is COc1ccc(-c2ccc(/C=C(\Sc3n[nH]c(-c4ccc(Cl)cc4)n3)C(=O)O)o2)c([N+](=O)[O-])c1. The van der Waals surface area contributed by atoms with E-state index in [2.05, 4.69) is 15.2 Å². The maximum absolute atomic E-state index is 11.8. The molecule has 2 N–H and O–H groups in total. The number of benzene rings is 2. The number of furan rings is 1. The molecule has 0 aliphatic carbocycles. The van der Waals surface area contributed by atoms with Crippen LogP contribution in [0.1, 0.15) is 5.76 Å². The quantitative estimate of drug-likeness (QED) is 0.139. The number of carbonyl (C=O) groups is 1. The molecule has 12 heteroatoms. The van der Waals surface area contributed by atoms with Gasteiger partial charge in [-0.3, -0.25) is 15.2 Å². The van der Waals surface area contributed by atoms with Crippen LogP contribution < -0.4 is 4.74 Å². The average molecular weight is 499 g/mol. The highest BCUT2D eigenvalue weighted by molar-refractivity contribution is 8.04. The van der Waals surface area contributed by atoms with Crippen molar-refractivity contribution in [1.82, 2.24) is 15.2 Å². The Kier molecular flexibility index (Phi) is 6.66. The molecule has 0 spiro atoms. The highest BCUT2D eigenvalue weighted by Gasteiger charge is 2.20. The molecule has 0 amide bonds. The third-order valence-corrected chi connectivity index (χ3v) is 5.69. The molecule has 2 heterocycles. The molecule has 4 aromatic rings. The number of carboxylic acid groups (broad SMARTS) is 1. The van der Waals surface area contributed by atoms with Gasteiger partial charge in [-0.1, -0.05) is 11.6 Å². The van der Waals surface area contributed by atoms with E-state index in [1.165, 1.54) is 37.5 Å². The van der Waals surface area contributed by atoms with Crippen molar-refractivity contribution in [2.75, 3.05) is 7.11 Å². The minimum absolute atomic E-state index is 0.105. The van der Waals surface area contributed by atoms with Gasteiger partial charge in [-0.05, 0) is 60.3 Å². The predicted molar refractivity (Wildman–Crippen MR) is 126 cm³/mol. The molecule has 0 aliphatic rings. The van der Waals surface area contributed by atoms with Crippen LogP contribution in [0.15, 0.2) is 69.1 Å². The van der Waals surface area contributed by atoms with Crippen LogP contribution in [0.3, 0.4) is 0 Å². The number of halogens is 1. The largest absolute Gasteiger partial charge is 0.497 e. The number of hydrogen-bond acceptors (Lipinski definition) is 8. The normalized spacial score (nSPS) is 11.4. The van der Waals surface area contributed by atoms with Gasteiger partial charge in [0.05, 0.1) is 23.7 Å². The lowest BCUT2D eigenvalue weighted by molar-refractivity contribution is -0.384. The monoisotopic (exact) mass is 498 g/mol. The number of nitrogens with zero attached hydrogens (tertiary/aromatic N) is 3. The number of aromatic amines is 1. The Morgan fingerprint density at radius 1 is 1.24 bits per heavy atom. The lowest BCUT2D eigenvalue weighted by Gasteiger charge is -2.03. The van der Waals surface area contributed by atoms with Gasteiger partial charge in [-0.25, -0.2) is 9.78 Å². The maximum atomic E-state index is 11.8. The Morgan fingerprint density at radius 3 is 2.68 bits per heavy atom. The van der Waals surface area contributed by atoms with Crippen molar-refractivity contribution in [3.05, 3.63) is 80.4 Å². The maximum Gasteiger partial charge on any atom is 0.342 e. The number of ether oxygens (including phenoxy) is 1. The van der Waals surface area contributed by atoms with Crippen LogP contribution >= 0.6 is 23.4 Å². The fourth-order valence-electron chi connectivity index (χ4n) is 2.96. The Morgan fingerprint density at radius 2 is 2.00 bits per heavy atom. The van der Waals surface area contributed by atoms with Crippen molar-refractivity contribution >= 4 is 41.1 Å². The molecular weight excluding hydrogens is 484 g/mol. The first-order valence-corrected chi connectivity index (χ1v) is 10.8. The fourth-order valence-corrected chi connectivity index (χ4v) is 3.78. The summed E-state index contributed by atoms with van der Waals surface area (Å²) in [5.74, 6) is -0.0277. The van der Waals surface area contributed by atoms with Gasteiger partial charge in [-0.15, -0.1) is 5.10 Å². The summed E-state index contributed by atoms with van der Waals surface area (Å²) in [5, 5.41) is 28.7. The molecule has 2 aromatic carbocycles. The zero-order valence-electron chi connectivity index (χ0n) is 17.4. The topological polar surface area (TPSA) is 144 Å². The number of nitro benzene ring substituents is 1. The van der Waals surface area contributed by atoms with Crippen LogP contribution in [0.4, 0.5) is 5.69 Å². The Labute approximate surface area is 201 Å². The molecular formula is C22H15ClN4O6S. The lowest BCUT2D eigenvalue weighted by Crippen LogP contribution is -1.97. The Hall–Kier alpha value is -4.09. The van der Waals surface area contributed by atoms with Crippen molar-refractivity contribution in [2.24, 2.45) is 0 Å².